The van der Waals surface area contributed by atoms with E-state index >= 15 is 0 Å². The Labute approximate surface area is 128 Å². The van der Waals surface area contributed by atoms with Crippen LogP contribution in [0.1, 0.15) is 27.2 Å². The number of carbonyl (C=O) groups excluding carboxylic acids is 1. The maximum absolute atomic E-state index is 12.8. The Morgan fingerprint density at radius 1 is 1.00 bits per heavy atom. The van der Waals surface area contributed by atoms with Crippen molar-refractivity contribution in [3.05, 3.63) is 70.6 Å². The van der Waals surface area contributed by atoms with E-state index in [0.717, 1.165) is 24.1 Å². The highest BCUT2D eigenvalue weighted by Crippen LogP contribution is 2.32. The van der Waals surface area contributed by atoms with Crippen LogP contribution in [0, 0.1) is 5.92 Å². The molecule has 2 aromatic carbocycles. The van der Waals surface area contributed by atoms with E-state index in [4.69, 9.17) is 0 Å². The number of fused-ring (bicyclic) bond motifs is 2. The smallest absolute Gasteiger partial charge is 0.176 e. The summed E-state index contributed by atoms with van der Waals surface area (Å²) in [7, 11) is 0. The van der Waals surface area contributed by atoms with E-state index < -0.39 is 0 Å². The number of carbonyl (C=O) groups is 1. The molecular formula is C19H16OS. The van der Waals surface area contributed by atoms with Crippen LogP contribution in [0.5, 0.6) is 0 Å². The van der Waals surface area contributed by atoms with E-state index in [1.54, 1.807) is 11.3 Å². The first-order valence-electron chi connectivity index (χ1n) is 7.41. The van der Waals surface area contributed by atoms with Crippen LogP contribution < -0.4 is 0 Å². The van der Waals surface area contributed by atoms with Crippen molar-refractivity contribution in [1.29, 1.82) is 0 Å². The Hall–Kier alpha value is -1.93. The molecule has 2 heteroatoms. The first-order chi connectivity index (χ1) is 10.3. The van der Waals surface area contributed by atoms with E-state index in [1.807, 2.05) is 12.1 Å². The maximum atomic E-state index is 12.8. The Morgan fingerprint density at radius 3 is 2.62 bits per heavy atom. The molecule has 4 rings (SSSR count). The Morgan fingerprint density at radius 2 is 1.76 bits per heavy atom. The van der Waals surface area contributed by atoms with Gasteiger partial charge in [-0.2, -0.15) is 0 Å². The Bertz CT molecular complexity index is 782. The molecular weight excluding hydrogens is 276 g/mol. The first-order valence-corrected chi connectivity index (χ1v) is 8.22. The van der Waals surface area contributed by atoms with Crippen LogP contribution in [0.2, 0.25) is 0 Å². The van der Waals surface area contributed by atoms with Crippen molar-refractivity contribution in [1.82, 2.24) is 0 Å². The van der Waals surface area contributed by atoms with Crippen LogP contribution in [0.4, 0.5) is 0 Å². The minimum Gasteiger partial charge on any atom is -0.293 e. The molecule has 1 aliphatic rings. The Balaban J connectivity index is 1.63. The predicted molar refractivity (Wildman–Crippen MR) is 88.1 cm³/mol. The third kappa shape index (κ3) is 2.30. The molecule has 0 bridgehead atoms. The second-order valence-electron chi connectivity index (χ2n) is 5.72. The third-order valence-electron chi connectivity index (χ3n) is 4.39. The zero-order valence-corrected chi connectivity index (χ0v) is 12.5. The van der Waals surface area contributed by atoms with Crippen molar-refractivity contribution in [2.45, 2.75) is 19.3 Å². The van der Waals surface area contributed by atoms with E-state index in [0.29, 0.717) is 5.78 Å². The molecule has 1 unspecified atom stereocenters. The number of hydrogen-bond donors (Lipinski definition) is 0. The average Bonchev–Trinajstić information content (AvgIpc) is 2.97. The van der Waals surface area contributed by atoms with Crippen LogP contribution in [0.3, 0.4) is 0 Å². The average molecular weight is 292 g/mol. The maximum Gasteiger partial charge on any atom is 0.176 e. The molecule has 0 amide bonds. The molecule has 1 aromatic heterocycles. The normalized spacial score (nSPS) is 17.6. The SMILES string of the molecule is O=C(c1cc2ccccc2s1)C1CCc2ccccc2C1. The minimum absolute atomic E-state index is 0.146. The van der Waals surface area contributed by atoms with Crippen LogP contribution in [0.25, 0.3) is 10.1 Å². The van der Waals surface area contributed by atoms with Crippen LogP contribution in [0.15, 0.2) is 54.6 Å². The highest BCUT2D eigenvalue weighted by molar-refractivity contribution is 7.20. The number of Topliss-reactive ketones (excluding diaryl/α,β-unsaturated/α-hetero) is 1. The quantitative estimate of drug-likeness (QED) is 0.615. The minimum atomic E-state index is 0.146. The number of rotatable bonds is 2. The summed E-state index contributed by atoms with van der Waals surface area (Å²) in [6.45, 7) is 0. The molecule has 1 heterocycles. The zero-order valence-electron chi connectivity index (χ0n) is 11.7. The molecule has 3 aromatic rings. The molecule has 21 heavy (non-hydrogen) atoms. The molecule has 0 fully saturated rings. The predicted octanol–water partition coefficient (Wildman–Crippen LogP) is 4.89. The van der Waals surface area contributed by atoms with Gasteiger partial charge in [-0.05, 0) is 47.9 Å². The molecule has 0 saturated heterocycles. The van der Waals surface area contributed by atoms with Crippen molar-refractivity contribution in [3.63, 3.8) is 0 Å². The van der Waals surface area contributed by atoms with Crippen LogP contribution in [-0.4, -0.2) is 5.78 Å². The molecule has 0 saturated carbocycles. The zero-order chi connectivity index (χ0) is 14.2. The fourth-order valence-corrected chi connectivity index (χ4v) is 4.31. The third-order valence-corrected chi connectivity index (χ3v) is 5.52. The van der Waals surface area contributed by atoms with Gasteiger partial charge in [0.15, 0.2) is 5.78 Å². The summed E-state index contributed by atoms with van der Waals surface area (Å²) in [5, 5.41) is 1.18. The van der Waals surface area contributed by atoms with Crippen molar-refractivity contribution < 1.29 is 4.79 Å². The lowest BCUT2D eigenvalue weighted by Crippen LogP contribution is -2.22. The molecule has 0 radical (unpaired) electrons. The number of benzene rings is 2. The van der Waals surface area contributed by atoms with Gasteiger partial charge in [0.05, 0.1) is 4.88 Å². The van der Waals surface area contributed by atoms with Gasteiger partial charge in [0.1, 0.15) is 0 Å². The molecule has 1 aliphatic carbocycles. The van der Waals surface area contributed by atoms with E-state index in [9.17, 15) is 4.79 Å². The molecule has 1 atom stereocenters. The largest absolute Gasteiger partial charge is 0.293 e. The summed E-state index contributed by atoms with van der Waals surface area (Å²) in [4.78, 5) is 13.7. The van der Waals surface area contributed by atoms with Crippen molar-refractivity contribution in [2.75, 3.05) is 0 Å². The van der Waals surface area contributed by atoms with Gasteiger partial charge in [-0.15, -0.1) is 11.3 Å². The fourth-order valence-electron chi connectivity index (χ4n) is 3.23. The topological polar surface area (TPSA) is 17.1 Å². The van der Waals surface area contributed by atoms with Crippen molar-refractivity contribution >= 4 is 27.2 Å². The van der Waals surface area contributed by atoms with Crippen molar-refractivity contribution in [3.8, 4) is 0 Å². The van der Waals surface area contributed by atoms with E-state index in [1.165, 1.54) is 21.2 Å². The summed E-state index contributed by atoms with van der Waals surface area (Å²) < 4.78 is 1.21. The summed E-state index contributed by atoms with van der Waals surface area (Å²) in [6, 6.07) is 18.8. The summed E-state index contributed by atoms with van der Waals surface area (Å²) in [5.41, 5.74) is 2.76. The molecule has 1 nitrogen and oxygen atoms in total. The molecule has 0 spiro atoms. The number of hydrogen-bond acceptors (Lipinski definition) is 2. The van der Waals surface area contributed by atoms with Gasteiger partial charge in [0.25, 0.3) is 0 Å². The fraction of sp³-hybridized carbons (Fsp3) is 0.211. The van der Waals surface area contributed by atoms with Crippen molar-refractivity contribution in [2.24, 2.45) is 5.92 Å². The number of aryl methyl sites for hydroxylation is 1. The van der Waals surface area contributed by atoms with Gasteiger partial charge in [0, 0.05) is 10.6 Å². The number of ketones is 1. The lowest BCUT2D eigenvalue weighted by Gasteiger charge is -2.23. The highest BCUT2D eigenvalue weighted by atomic mass is 32.1. The van der Waals surface area contributed by atoms with Crippen LogP contribution >= 0.6 is 11.3 Å². The lowest BCUT2D eigenvalue weighted by molar-refractivity contribution is 0.0913. The lowest BCUT2D eigenvalue weighted by atomic mass is 9.81. The van der Waals surface area contributed by atoms with Gasteiger partial charge in [-0.1, -0.05) is 42.5 Å². The van der Waals surface area contributed by atoms with Gasteiger partial charge < -0.3 is 0 Å². The first kappa shape index (κ1) is 12.8. The van der Waals surface area contributed by atoms with Gasteiger partial charge >= 0.3 is 0 Å². The Kier molecular flexibility index (Phi) is 3.12. The van der Waals surface area contributed by atoms with Crippen LogP contribution in [-0.2, 0) is 12.8 Å². The summed E-state index contributed by atoms with van der Waals surface area (Å²) in [6.07, 6.45) is 2.89. The van der Waals surface area contributed by atoms with Gasteiger partial charge in [0.2, 0.25) is 0 Å². The second-order valence-corrected chi connectivity index (χ2v) is 6.80. The van der Waals surface area contributed by atoms with Gasteiger partial charge in [-0.3, -0.25) is 4.79 Å². The standard InChI is InChI=1S/C19H16OS/c20-19(18-12-15-7-3-4-8-17(15)21-18)16-10-9-13-5-1-2-6-14(13)11-16/h1-8,12,16H,9-11H2. The molecule has 104 valence electrons. The van der Waals surface area contributed by atoms with E-state index in [-0.39, 0.29) is 5.92 Å². The summed E-state index contributed by atoms with van der Waals surface area (Å²) in [5.74, 6) is 0.471. The van der Waals surface area contributed by atoms with Gasteiger partial charge in [-0.25, -0.2) is 0 Å². The highest BCUT2D eigenvalue weighted by Gasteiger charge is 2.26. The monoisotopic (exact) mass is 292 g/mol. The number of thiophene rings is 1. The molecule has 0 N–H and O–H groups in total. The second kappa shape index (κ2) is 5.12. The van der Waals surface area contributed by atoms with E-state index in [2.05, 4.69) is 42.5 Å². The summed E-state index contributed by atoms with van der Waals surface area (Å²) >= 11 is 1.63. The molecule has 0 aliphatic heterocycles.